The molecule has 0 aliphatic carbocycles. The van der Waals surface area contributed by atoms with E-state index in [1.54, 1.807) is 19.2 Å². The summed E-state index contributed by atoms with van der Waals surface area (Å²) in [5.41, 5.74) is 2.93. The molecule has 0 fully saturated rings. The fourth-order valence-corrected chi connectivity index (χ4v) is 2.14. The minimum atomic E-state index is -0.299. The van der Waals surface area contributed by atoms with Gasteiger partial charge in [0.2, 0.25) is 0 Å². The largest absolute Gasteiger partial charge is 0.371 e. The van der Waals surface area contributed by atoms with Crippen molar-refractivity contribution >= 4 is 21.7 Å². The average molecular weight is 310 g/mol. The van der Waals surface area contributed by atoms with E-state index in [0.717, 1.165) is 15.6 Å². The zero-order valence-corrected chi connectivity index (χ0v) is 12.0. The number of benzene rings is 1. The second-order valence-corrected chi connectivity index (χ2v) is 4.94. The molecule has 0 amide bonds. The van der Waals surface area contributed by atoms with Crippen LogP contribution in [-0.4, -0.2) is 17.2 Å². The molecule has 94 valence electrons. The smallest absolute Gasteiger partial charge is 0.151 e. The summed E-state index contributed by atoms with van der Waals surface area (Å²) in [6.07, 6.45) is 0. The molecule has 0 aliphatic heterocycles. The monoisotopic (exact) mass is 309 g/mol. The minimum absolute atomic E-state index is 0.299. The van der Waals surface area contributed by atoms with E-state index in [9.17, 15) is 4.39 Å². The first-order chi connectivity index (χ1) is 8.54. The quantitative estimate of drug-likeness (QED) is 0.919. The van der Waals surface area contributed by atoms with Crippen molar-refractivity contribution in [2.45, 2.75) is 13.8 Å². The van der Waals surface area contributed by atoms with E-state index in [0.29, 0.717) is 17.1 Å². The Balaban J connectivity index is 2.65. The molecule has 0 saturated carbocycles. The average Bonchev–Trinajstić information content (AvgIpc) is 2.36. The summed E-state index contributed by atoms with van der Waals surface area (Å²) >= 11 is 3.34. The number of hydrogen-bond donors (Lipinski definition) is 1. The number of hydrogen-bond acceptors (Lipinski definition) is 3. The molecule has 0 bridgehead atoms. The molecule has 0 atom stereocenters. The number of aromatic nitrogens is 2. The normalized spacial score (nSPS) is 10.5. The summed E-state index contributed by atoms with van der Waals surface area (Å²) < 4.78 is 14.7. The first-order valence-corrected chi connectivity index (χ1v) is 6.31. The molecule has 1 aromatic carbocycles. The Labute approximate surface area is 114 Å². The van der Waals surface area contributed by atoms with Gasteiger partial charge in [0.05, 0.1) is 5.69 Å². The van der Waals surface area contributed by atoms with E-state index in [1.807, 2.05) is 13.8 Å². The number of halogens is 2. The SMILES string of the molecule is CNc1nnc(-c2cc(Br)ccc2F)c(C)c1C. The van der Waals surface area contributed by atoms with Crippen LogP contribution in [0.1, 0.15) is 11.1 Å². The molecule has 1 heterocycles. The van der Waals surface area contributed by atoms with Gasteiger partial charge in [-0.25, -0.2) is 4.39 Å². The Morgan fingerprint density at radius 2 is 1.89 bits per heavy atom. The van der Waals surface area contributed by atoms with E-state index >= 15 is 0 Å². The summed E-state index contributed by atoms with van der Waals surface area (Å²) in [4.78, 5) is 0. The fourth-order valence-electron chi connectivity index (χ4n) is 1.78. The number of nitrogens with one attached hydrogen (secondary N) is 1. The highest BCUT2D eigenvalue weighted by atomic mass is 79.9. The van der Waals surface area contributed by atoms with Crippen molar-refractivity contribution < 1.29 is 4.39 Å². The zero-order chi connectivity index (χ0) is 13.3. The lowest BCUT2D eigenvalue weighted by molar-refractivity contribution is 0.630. The third-order valence-electron chi connectivity index (χ3n) is 2.94. The molecule has 2 aromatic rings. The molecule has 0 spiro atoms. The van der Waals surface area contributed by atoms with Crippen LogP contribution in [0.2, 0.25) is 0 Å². The maximum atomic E-state index is 13.8. The molecule has 1 N–H and O–H groups in total. The first kappa shape index (κ1) is 13.0. The van der Waals surface area contributed by atoms with Crippen molar-refractivity contribution in [2.24, 2.45) is 0 Å². The predicted molar refractivity (Wildman–Crippen MR) is 74.1 cm³/mol. The van der Waals surface area contributed by atoms with Crippen LogP contribution < -0.4 is 5.32 Å². The minimum Gasteiger partial charge on any atom is -0.371 e. The fraction of sp³-hybridized carbons (Fsp3) is 0.231. The second kappa shape index (κ2) is 5.02. The van der Waals surface area contributed by atoms with Gasteiger partial charge >= 0.3 is 0 Å². The predicted octanol–water partition coefficient (Wildman–Crippen LogP) is 3.70. The lowest BCUT2D eigenvalue weighted by atomic mass is 10.0. The third kappa shape index (κ3) is 2.22. The molecule has 5 heteroatoms. The molecule has 3 nitrogen and oxygen atoms in total. The highest BCUT2D eigenvalue weighted by molar-refractivity contribution is 9.10. The van der Waals surface area contributed by atoms with Gasteiger partial charge in [-0.1, -0.05) is 15.9 Å². The Bertz CT molecular complexity index is 599. The van der Waals surface area contributed by atoms with Crippen LogP contribution in [-0.2, 0) is 0 Å². The van der Waals surface area contributed by atoms with Crippen LogP contribution in [0.15, 0.2) is 22.7 Å². The Morgan fingerprint density at radius 1 is 1.17 bits per heavy atom. The molecule has 0 aliphatic rings. The van der Waals surface area contributed by atoms with Gasteiger partial charge in [0.15, 0.2) is 5.82 Å². The van der Waals surface area contributed by atoms with E-state index in [2.05, 4.69) is 31.4 Å². The van der Waals surface area contributed by atoms with Crippen molar-refractivity contribution in [1.29, 1.82) is 0 Å². The van der Waals surface area contributed by atoms with Crippen LogP contribution in [0.4, 0.5) is 10.2 Å². The van der Waals surface area contributed by atoms with Gasteiger partial charge < -0.3 is 5.32 Å². The first-order valence-electron chi connectivity index (χ1n) is 5.51. The maximum Gasteiger partial charge on any atom is 0.151 e. The van der Waals surface area contributed by atoms with Crippen molar-refractivity contribution in [1.82, 2.24) is 10.2 Å². The number of nitrogens with zero attached hydrogens (tertiary/aromatic N) is 2. The summed E-state index contributed by atoms with van der Waals surface area (Å²) in [5.74, 6) is 0.416. The van der Waals surface area contributed by atoms with Crippen LogP contribution >= 0.6 is 15.9 Å². The van der Waals surface area contributed by atoms with Crippen LogP contribution in [0.3, 0.4) is 0 Å². The Kier molecular flexibility index (Phi) is 3.61. The van der Waals surface area contributed by atoms with Crippen LogP contribution in [0.5, 0.6) is 0 Å². The topological polar surface area (TPSA) is 37.8 Å². The molecular formula is C13H13BrFN3. The highest BCUT2D eigenvalue weighted by Gasteiger charge is 2.14. The molecule has 0 saturated heterocycles. The van der Waals surface area contributed by atoms with Crippen molar-refractivity contribution in [3.63, 3.8) is 0 Å². The van der Waals surface area contributed by atoms with E-state index in [-0.39, 0.29) is 5.82 Å². The van der Waals surface area contributed by atoms with Crippen molar-refractivity contribution in [2.75, 3.05) is 12.4 Å². The van der Waals surface area contributed by atoms with E-state index in [4.69, 9.17) is 0 Å². The lowest BCUT2D eigenvalue weighted by Crippen LogP contribution is -2.03. The maximum absolute atomic E-state index is 13.8. The molecule has 2 rings (SSSR count). The van der Waals surface area contributed by atoms with Crippen molar-refractivity contribution in [3.05, 3.63) is 39.6 Å². The van der Waals surface area contributed by atoms with Gasteiger partial charge in [0, 0.05) is 17.1 Å². The molecule has 0 radical (unpaired) electrons. The Hall–Kier alpha value is -1.49. The molecule has 1 aromatic heterocycles. The highest BCUT2D eigenvalue weighted by Crippen LogP contribution is 2.29. The molecular weight excluding hydrogens is 297 g/mol. The van der Waals surface area contributed by atoms with E-state index < -0.39 is 0 Å². The summed E-state index contributed by atoms with van der Waals surface area (Å²) in [7, 11) is 1.79. The van der Waals surface area contributed by atoms with Crippen molar-refractivity contribution in [3.8, 4) is 11.3 Å². The van der Waals surface area contributed by atoms with E-state index in [1.165, 1.54) is 6.07 Å². The third-order valence-corrected chi connectivity index (χ3v) is 3.44. The van der Waals surface area contributed by atoms with Gasteiger partial charge in [-0.05, 0) is 43.2 Å². The summed E-state index contributed by atoms with van der Waals surface area (Å²) in [6, 6.07) is 4.79. The number of rotatable bonds is 2. The van der Waals surface area contributed by atoms with Gasteiger partial charge in [-0.2, -0.15) is 0 Å². The Morgan fingerprint density at radius 3 is 2.56 bits per heavy atom. The van der Waals surface area contributed by atoms with Gasteiger partial charge in [-0.3, -0.25) is 0 Å². The van der Waals surface area contributed by atoms with Gasteiger partial charge in [-0.15, -0.1) is 10.2 Å². The lowest BCUT2D eigenvalue weighted by Gasteiger charge is -2.11. The molecule has 0 unspecified atom stereocenters. The van der Waals surface area contributed by atoms with Gasteiger partial charge in [0.1, 0.15) is 5.82 Å². The molecule has 18 heavy (non-hydrogen) atoms. The van der Waals surface area contributed by atoms with Gasteiger partial charge in [0.25, 0.3) is 0 Å². The van der Waals surface area contributed by atoms with Crippen LogP contribution in [0.25, 0.3) is 11.3 Å². The zero-order valence-electron chi connectivity index (χ0n) is 10.4. The standard InChI is InChI=1S/C13H13BrFN3/c1-7-8(2)13(16-3)18-17-12(7)10-6-9(14)4-5-11(10)15/h4-6H,1-3H3,(H,16,18). The van der Waals surface area contributed by atoms with Crippen LogP contribution in [0, 0.1) is 19.7 Å². The summed E-state index contributed by atoms with van der Waals surface area (Å²) in [5, 5.41) is 11.1. The summed E-state index contributed by atoms with van der Waals surface area (Å²) in [6.45, 7) is 3.86. The number of anilines is 1. The second-order valence-electron chi connectivity index (χ2n) is 4.02.